The van der Waals surface area contributed by atoms with Crippen LogP contribution in [0.2, 0.25) is 0 Å². The molecule has 3 N–H and O–H groups in total. The SMILES string of the molecule is CCC(C)(C)NC(=O)c1ccc(NCc2ccc(C(=O)O)cc2)cc1. The summed E-state index contributed by atoms with van der Waals surface area (Å²) in [6.45, 7) is 6.61. The second kappa shape index (κ2) is 7.83. The number of carboxylic acid groups (broad SMARTS) is 1. The largest absolute Gasteiger partial charge is 0.478 e. The van der Waals surface area contributed by atoms with Crippen LogP contribution in [0.1, 0.15) is 53.5 Å². The van der Waals surface area contributed by atoms with Crippen LogP contribution in [0.5, 0.6) is 0 Å². The van der Waals surface area contributed by atoms with E-state index in [1.807, 2.05) is 32.9 Å². The van der Waals surface area contributed by atoms with Crippen molar-refractivity contribution < 1.29 is 14.7 Å². The molecule has 1 amide bonds. The van der Waals surface area contributed by atoms with Gasteiger partial charge in [0, 0.05) is 23.3 Å². The molecule has 0 saturated carbocycles. The number of rotatable bonds is 7. The van der Waals surface area contributed by atoms with E-state index >= 15 is 0 Å². The first-order valence-corrected chi connectivity index (χ1v) is 8.29. The number of benzene rings is 2. The van der Waals surface area contributed by atoms with Gasteiger partial charge in [-0.25, -0.2) is 4.79 Å². The number of nitrogens with one attached hydrogen (secondary N) is 2. The molecular weight excluding hydrogens is 316 g/mol. The highest BCUT2D eigenvalue weighted by Crippen LogP contribution is 2.14. The maximum absolute atomic E-state index is 12.2. The van der Waals surface area contributed by atoms with Gasteiger partial charge < -0.3 is 15.7 Å². The Bertz CT molecular complexity index is 735. The van der Waals surface area contributed by atoms with Gasteiger partial charge in [-0.3, -0.25) is 4.79 Å². The Morgan fingerprint density at radius 3 is 2.04 bits per heavy atom. The highest BCUT2D eigenvalue weighted by Gasteiger charge is 2.18. The summed E-state index contributed by atoms with van der Waals surface area (Å²) in [7, 11) is 0. The Morgan fingerprint density at radius 2 is 1.52 bits per heavy atom. The molecule has 2 aromatic rings. The van der Waals surface area contributed by atoms with Gasteiger partial charge in [-0.15, -0.1) is 0 Å². The van der Waals surface area contributed by atoms with E-state index in [1.54, 1.807) is 36.4 Å². The van der Waals surface area contributed by atoms with Gasteiger partial charge in [0.2, 0.25) is 0 Å². The average Bonchev–Trinajstić information content (AvgIpc) is 2.60. The van der Waals surface area contributed by atoms with E-state index in [-0.39, 0.29) is 17.0 Å². The lowest BCUT2D eigenvalue weighted by Gasteiger charge is -2.24. The lowest BCUT2D eigenvalue weighted by Crippen LogP contribution is -2.42. The van der Waals surface area contributed by atoms with Gasteiger partial charge >= 0.3 is 5.97 Å². The fourth-order valence-corrected chi connectivity index (χ4v) is 2.18. The third-order valence-electron chi connectivity index (χ3n) is 4.18. The monoisotopic (exact) mass is 340 g/mol. The Hall–Kier alpha value is -2.82. The standard InChI is InChI=1S/C20H24N2O3/c1-4-20(2,3)22-18(23)15-9-11-17(12-10-15)21-13-14-5-7-16(8-6-14)19(24)25/h5-12,21H,4,13H2,1-3H3,(H,22,23)(H,24,25). The molecule has 0 aromatic heterocycles. The van der Waals surface area contributed by atoms with Crippen molar-refractivity contribution in [3.63, 3.8) is 0 Å². The molecule has 2 rings (SSSR count). The average molecular weight is 340 g/mol. The molecule has 0 fully saturated rings. The predicted octanol–water partition coefficient (Wildman–Crippen LogP) is 3.92. The molecule has 5 nitrogen and oxygen atoms in total. The van der Waals surface area contributed by atoms with Crippen LogP contribution in [0.15, 0.2) is 48.5 Å². The molecule has 5 heteroatoms. The van der Waals surface area contributed by atoms with Gasteiger partial charge in [0.1, 0.15) is 0 Å². The molecule has 0 heterocycles. The number of carbonyl (C=O) groups excluding carboxylic acids is 1. The van der Waals surface area contributed by atoms with E-state index in [9.17, 15) is 9.59 Å². The molecule has 0 spiro atoms. The molecule has 0 unspecified atom stereocenters. The molecular formula is C20H24N2O3. The third-order valence-corrected chi connectivity index (χ3v) is 4.18. The first kappa shape index (κ1) is 18.5. The molecule has 132 valence electrons. The van der Waals surface area contributed by atoms with Gasteiger partial charge in [0.05, 0.1) is 5.56 Å². The van der Waals surface area contributed by atoms with Crippen molar-refractivity contribution in [1.29, 1.82) is 0 Å². The Balaban J connectivity index is 1.94. The van der Waals surface area contributed by atoms with E-state index in [0.717, 1.165) is 17.7 Å². The Morgan fingerprint density at radius 1 is 0.960 bits per heavy atom. The fourth-order valence-electron chi connectivity index (χ4n) is 2.18. The minimum atomic E-state index is -0.931. The van der Waals surface area contributed by atoms with E-state index < -0.39 is 5.97 Å². The van der Waals surface area contributed by atoms with Crippen LogP contribution < -0.4 is 10.6 Å². The highest BCUT2D eigenvalue weighted by molar-refractivity contribution is 5.95. The molecule has 0 bridgehead atoms. The molecule has 0 radical (unpaired) electrons. The predicted molar refractivity (Wildman–Crippen MR) is 99.0 cm³/mol. The zero-order valence-corrected chi connectivity index (χ0v) is 14.8. The highest BCUT2D eigenvalue weighted by atomic mass is 16.4. The van der Waals surface area contributed by atoms with Crippen LogP contribution in [-0.4, -0.2) is 22.5 Å². The van der Waals surface area contributed by atoms with Crippen LogP contribution in [-0.2, 0) is 6.54 Å². The number of hydrogen-bond acceptors (Lipinski definition) is 3. The number of aromatic carboxylic acids is 1. The molecule has 25 heavy (non-hydrogen) atoms. The fraction of sp³-hybridized carbons (Fsp3) is 0.300. The van der Waals surface area contributed by atoms with Crippen molar-refractivity contribution in [3.8, 4) is 0 Å². The van der Waals surface area contributed by atoms with Crippen molar-refractivity contribution in [2.24, 2.45) is 0 Å². The van der Waals surface area contributed by atoms with Gasteiger partial charge in [0.15, 0.2) is 0 Å². The zero-order chi connectivity index (χ0) is 18.4. The van der Waals surface area contributed by atoms with Crippen LogP contribution >= 0.6 is 0 Å². The molecule has 0 atom stereocenters. The molecule has 0 saturated heterocycles. The smallest absolute Gasteiger partial charge is 0.335 e. The van der Waals surface area contributed by atoms with Crippen LogP contribution in [0.25, 0.3) is 0 Å². The summed E-state index contributed by atoms with van der Waals surface area (Å²) < 4.78 is 0. The lowest BCUT2D eigenvalue weighted by molar-refractivity contribution is 0.0696. The topological polar surface area (TPSA) is 78.4 Å². The van der Waals surface area contributed by atoms with Crippen molar-refractivity contribution in [2.45, 2.75) is 39.3 Å². The quantitative estimate of drug-likeness (QED) is 0.714. The van der Waals surface area contributed by atoms with Gasteiger partial charge in [0.25, 0.3) is 5.91 Å². The normalized spacial score (nSPS) is 11.0. The second-order valence-electron chi connectivity index (χ2n) is 6.62. The van der Waals surface area contributed by atoms with Gasteiger partial charge in [-0.2, -0.15) is 0 Å². The third kappa shape index (κ3) is 5.35. The van der Waals surface area contributed by atoms with Crippen LogP contribution in [0.3, 0.4) is 0 Å². The van der Waals surface area contributed by atoms with Crippen molar-refractivity contribution in [1.82, 2.24) is 5.32 Å². The van der Waals surface area contributed by atoms with E-state index in [4.69, 9.17) is 5.11 Å². The van der Waals surface area contributed by atoms with E-state index in [1.165, 1.54) is 0 Å². The summed E-state index contributed by atoms with van der Waals surface area (Å²) in [6.07, 6.45) is 0.860. The molecule has 2 aromatic carbocycles. The summed E-state index contributed by atoms with van der Waals surface area (Å²) in [5.74, 6) is -1.01. The molecule has 0 aliphatic heterocycles. The maximum Gasteiger partial charge on any atom is 0.335 e. The summed E-state index contributed by atoms with van der Waals surface area (Å²) >= 11 is 0. The summed E-state index contributed by atoms with van der Waals surface area (Å²) in [5, 5.41) is 15.2. The van der Waals surface area contributed by atoms with Crippen molar-refractivity contribution in [2.75, 3.05) is 5.32 Å². The summed E-state index contributed by atoms with van der Waals surface area (Å²) in [6, 6.07) is 14.0. The zero-order valence-electron chi connectivity index (χ0n) is 14.8. The number of amides is 1. The first-order chi connectivity index (χ1) is 11.8. The van der Waals surface area contributed by atoms with Gasteiger partial charge in [-0.1, -0.05) is 19.1 Å². The maximum atomic E-state index is 12.2. The Labute approximate surface area is 148 Å². The number of anilines is 1. The lowest BCUT2D eigenvalue weighted by atomic mass is 10.0. The minimum Gasteiger partial charge on any atom is -0.478 e. The second-order valence-corrected chi connectivity index (χ2v) is 6.62. The first-order valence-electron chi connectivity index (χ1n) is 8.29. The summed E-state index contributed by atoms with van der Waals surface area (Å²) in [4.78, 5) is 23.1. The van der Waals surface area contributed by atoms with E-state index in [2.05, 4.69) is 10.6 Å². The van der Waals surface area contributed by atoms with Crippen LogP contribution in [0, 0.1) is 0 Å². The number of hydrogen-bond donors (Lipinski definition) is 3. The molecule has 0 aliphatic carbocycles. The van der Waals surface area contributed by atoms with Crippen LogP contribution in [0.4, 0.5) is 5.69 Å². The summed E-state index contributed by atoms with van der Waals surface area (Å²) in [5.41, 5.74) is 2.55. The minimum absolute atomic E-state index is 0.0809. The van der Waals surface area contributed by atoms with Crippen molar-refractivity contribution in [3.05, 3.63) is 65.2 Å². The van der Waals surface area contributed by atoms with Crippen molar-refractivity contribution >= 4 is 17.6 Å². The van der Waals surface area contributed by atoms with Gasteiger partial charge in [-0.05, 0) is 62.2 Å². The number of carbonyl (C=O) groups is 2. The number of carboxylic acids is 1. The Kier molecular flexibility index (Phi) is 5.80. The molecule has 0 aliphatic rings. The van der Waals surface area contributed by atoms with E-state index in [0.29, 0.717) is 12.1 Å².